The van der Waals surface area contributed by atoms with Crippen molar-refractivity contribution in [2.45, 2.75) is 13.0 Å². The summed E-state index contributed by atoms with van der Waals surface area (Å²) in [5.74, 6) is -0.320. The van der Waals surface area contributed by atoms with Crippen LogP contribution >= 0.6 is 11.3 Å². The van der Waals surface area contributed by atoms with Crippen molar-refractivity contribution in [1.29, 1.82) is 0 Å². The topological polar surface area (TPSA) is 20.2 Å². The number of thiophene rings is 1. The number of aliphatic hydroxyl groups excluding tert-OH is 1. The average Bonchev–Trinajstić information content (AvgIpc) is 2.63. The number of hydrogen-bond donors (Lipinski definition) is 1. The lowest BCUT2D eigenvalue weighted by Gasteiger charge is -2.10. The standard InChI is InChI=1S/C12H11FOS/c1-8-11(5-6-15-8)12(14)9-3-2-4-10(13)7-9/h2-7,12,14H,1H3. The number of rotatable bonds is 2. The first-order valence-corrected chi connectivity index (χ1v) is 5.54. The summed E-state index contributed by atoms with van der Waals surface area (Å²) < 4.78 is 13.0. The van der Waals surface area contributed by atoms with Gasteiger partial charge in [0.15, 0.2) is 0 Å². The summed E-state index contributed by atoms with van der Waals surface area (Å²) in [5.41, 5.74) is 1.45. The van der Waals surface area contributed by atoms with Crippen molar-refractivity contribution in [2.24, 2.45) is 0 Å². The van der Waals surface area contributed by atoms with Gasteiger partial charge in [0.1, 0.15) is 11.9 Å². The molecular weight excluding hydrogens is 211 g/mol. The van der Waals surface area contributed by atoms with E-state index in [4.69, 9.17) is 0 Å². The first-order chi connectivity index (χ1) is 7.18. The molecule has 1 N–H and O–H groups in total. The summed E-state index contributed by atoms with van der Waals surface area (Å²) in [6.07, 6.45) is -0.730. The molecule has 0 spiro atoms. The quantitative estimate of drug-likeness (QED) is 0.826. The summed E-state index contributed by atoms with van der Waals surface area (Å²) in [6.45, 7) is 1.95. The molecule has 0 amide bonds. The van der Waals surface area contributed by atoms with E-state index in [9.17, 15) is 9.50 Å². The second-order valence-corrected chi connectivity index (χ2v) is 4.51. The molecule has 2 aromatic rings. The van der Waals surface area contributed by atoms with Crippen molar-refractivity contribution in [3.8, 4) is 0 Å². The first-order valence-electron chi connectivity index (χ1n) is 4.66. The van der Waals surface area contributed by atoms with E-state index in [-0.39, 0.29) is 5.82 Å². The van der Waals surface area contributed by atoms with Crippen LogP contribution in [0, 0.1) is 12.7 Å². The van der Waals surface area contributed by atoms with E-state index in [0.717, 1.165) is 10.4 Å². The molecule has 0 aliphatic rings. The maximum Gasteiger partial charge on any atom is 0.123 e. The monoisotopic (exact) mass is 222 g/mol. The minimum absolute atomic E-state index is 0.320. The Balaban J connectivity index is 2.36. The Kier molecular flexibility index (Phi) is 2.84. The maximum atomic E-state index is 13.0. The molecule has 0 radical (unpaired) electrons. The maximum absolute atomic E-state index is 13.0. The van der Waals surface area contributed by atoms with E-state index in [0.29, 0.717) is 5.56 Å². The zero-order chi connectivity index (χ0) is 10.8. The van der Waals surface area contributed by atoms with Crippen molar-refractivity contribution >= 4 is 11.3 Å². The third-order valence-corrected chi connectivity index (χ3v) is 3.22. The van der Waals surface area contributed by atoms with Crippen LogP contribution in [0.15, 0.2) is 35.7 Å². The van der Waals surface area contributed by atoms with E-state index in [1.807, 2.05) is 18.4 Å². The van der Waals surface area contributed by atoms with Crippen LogP contribution in [-0.4, -0.2) is 5.11 Å². The first kappa shape index (κ1) is 10.3. The molecule has 1 aromatic heterocycles. The molecule has 0 bridgehead atoms. The SMILES string of the molecule is Cc1sccc1C(O)c1cccc(F)c1. The van der Waals surface area contributed by atoms with E-state index in [1.54, 1.807) is 23.5 Å². The van der Waals surface area contributed by atoms with E-state index >= 15 is 0 Å². The van der Waals surface area contributed by atoms with Gasteiger partial charge in [0.25, 0.3) is 0 Å². The molecule has 1 heterocycles. The number of halogens is 1. The third kappa shape index (κ3) is 2.08. The van der Waals surface area contributed by atoms with Gasteiger partial charge in [-0.05, 0) is 41.6 Å². The number of hydrogen-bond acceptors (Lipinski definition) is 2. The Hall–Kier alpha value is -1.19. The van der Waals surface area contributed by atoms with Crippen LogP contribution in [0.5, 0.6) is 0 Å². The summed E-state index contributed by atoms with van der Waals surface area (Å²) in [6, 6.07) is 7.94. The molecule has 1 atom stereocenters. The Labute approximate surface area is 91.8 Å². The zero-order valence-corrected chi connectivity index (χ0v) is 9.09. The molecule has 1 unspecified atom stereocenters. The molecule has 0 fully saturated rings. The van der Waals surface area contributed by atoms with Crippen LogP contribution in [0.4, 0.5) is 4.39 Å². The molecule has 15 heavy (non-hydrogen) atoms. The smallest absolute Gasteiger partial charge is 0.123 e. The average molecular weight is 222 g/mol. The minimum atomic E-state index is -0.730. The second kappa shape index (κ2) is 4.13. The number of aliphatic hydroxyl groups is 1. The van der Waals surface area contributed by atoms with Crippen LogP contribution in [0.1, 0.15) is 22.1 Å². The van der Waals surface area contributed by atoms with Gasteiger partial charge < -0.3 is 5.11 Å². The van der Waals surface area contributed by atoms with E-state index < -0.39 is 6.10 Å². The van der Waals surface area contributed by atoms with Crippen LogP contribution in [-0.2, 0) is 0 Å². The molecule has 0 saturated heterocycles. The normalized spacial score (nSPS) is 12.7. The van der Waals surface area contributed by atoms with Gasteiger partial charge in [-0.25, -0.2) is 4.39 Å². The van der Waals surface area contributed by atoms with Crippen molar-refractivity contribution in [1.82, 2.24) is 0 Å². The molecule has 0 saturated carbocycles. The number of aryl methyl sites for hydroxylation is 1. The molecule has 1 aromatic carbocycles. The van der Waals surface area contributed by atoms with Crippen LogP contribution in [0.25, 0.3) is 0 Å². The van der Waals surface area contributed by atoms with Crippen molar-refractivity contribution < 1.29 is 9.50 Å². The molecule has 0 aliphatic heterocycles. The molecule has 78 valence electrons. The molecule has 1 nitrogen and oxygen atoms in total. The predicted octanol–water partition coefficient (Wildman–Crippen LogP) is 3.28. The van der Waals surface area contributed by atoms with E-state index in [2.05, 4.69) is 0 Å². The van der Waals surface area contributed by atoms with Crippen LogP contribution < -0.4 is 0 Å². The van der Waals surface area contributed by atoms with Crippen molar-refractivity contribution in [3.05, 3.63) is 57.5 Å². The summed E-state index contributed by atoms with van der Waals surface area (Å²) in [4.78, 5) is 1.06. The lowest BCUT2D eigenvalue weighted by molar-refractivity contribution is 0.219. The Morgan fingerprint density at radius 3 is 2.73 bits per heavy atom. The molecule has 2 rings (SSSR count). The fourth-order valence-electron chi connectivity index (χ4n) is 1.53. The Bertz CT molecular complexity index is 464. The van der Waals surface area contributed by atoms with Gasteiger partial charge in [-0.1, -0.05) is 12.1 Å². The minimum Gasteiger partial charge on any atom is -0.384 e. The van der Waals surface area contributed by atoms with Crippen molar-refractivity contribution in [3.63, 3.8) is 0 Å². The largest absolute Gasteiger partial charge is 0.384 e. The highest BCUT2D eigenvalue weighted by molar-refractivity contribution is 7.10. The summed E-state index contributed by atoms with van der Waals surface area (Å²) >= 11 is 1.58. The van der Waals surface area contributed by atoms with Gasteiger partial charge >= 0.3 is 0 Å². The lowest BCUT2D eigenvalue weighted by atomic mass is 10.0. The van der Waals surface area contributed by atoms with Gasteiger partial charge in [-0.15, -0.1) is 11.3 Å². The van der Waals surface area contributed by atoms with Gasteiger partial charge in [0.2, 0.25) is 0 Å². The van der Waals surface area contributed by atoms with Crippen molar-refractivity contribution in [2.75, 3.05) is 0 Å². The fraction of sp³-hybridized carbons (Fsp3) is 0.167. The van der Waals surface area contributed by atoms with Gasteiger partial charge in [0, 0.05) is 4.88 Å². The number of benzene rings is 1. The van der Waals surface area contributed by atoms with Crippen LogP contribution in [0.2, 0.25) is 0 Å². The zero-order valence-electron chi connectivity index (χ0n) is 8.27. The fourth-order valence-corrected chi connectivity index (χ4v) is 2.27. The van der Waals surface area contributed by atoms with Gasteiger partial charge in [0.05, 0.1) is 0 Å². The lowest BCUT2D eigenvalue weighted by Crippen LogP contribution is -1.99. The predicted molar refractivity (Wildman–Crippen MR) is 59.5 cm³/mol. The summed E-state index contributed by atoms with van der Waals surface area (Å²) in [7, 11) is 0. The molecule has 3 heteroatoms. The summed E-state index contributed by atoms with van der Waals surface area (Å²) in [5, 5.41) is 11.9. The highest BCUT2D eigenvalue weighted by Gasteiger charge is 2.13. The van der Waals surface area contributed by atoms with Gasteiger partial charge in [-0.3, -0.25) is 0 Å². The van der Waals surface area contributed by atoms with E-state index in [1.165, 1.54) is 12.1 Å². The molecule has 0 aliphatic carbocycles. The highest BCUT2D eigenvalue weighted by Crippen LogP contribution is 2.27. The van der Waals surface area contributed by atoms with Crippen LogP contribution in [0.3, 0.4) is 0 Å². The highest BCUT2D eigenvalue weighted by atomic mass is 32.1. The Morgan fingerprint density at radius 2 is 2.13 bits per heavy atom. The Morgan fingerprint density at radius 1 is 1.33 bits per heavy atom. The third-order valence-electron chi connectivity index (χ3n) is 2.36. The molecular formula is C12H11FOS. The second-order valence-electron chi connectivity index (χ2n) is 3.39. The van der Waals surface area contributed by atoms with Gasteiger partial charge in [-0.2, -0.15) is 0 Å².